The molecule has 0 fully saturated rings. The molecule has 0 radical (unpaired) electrons. The molecule has 0 saturated heterocycles. The number of hydrogen-bond donors (Lipinski definition) is 1. The summed E-state index contributed by atoms with van der Waals surface area (Å²) in [6, 6.07) is 13.4. The van der Waals surface area contributed by atoms with E-state index in [1.165, 1.54) is 0 Å². The Morgan fingerprint density at radius 1 is 0.960 bits per heavy atom. The van der Waals surface area contributed by atoms with Crippen molar-refractivity contribution >= 4 is 22.5 Å². The van der Waals surface area contributed by atoms with Gasteiger partial charge in [0.1, 0.15) is 6.54 Å². The van der Waals surface area contributed by atoms with Crippen molar-refractivity contribution in [2.45, 2.75) is 34.2 Å². The molecule has 4 heteroatoms. The number of fused-ring (bicyclic) bond motifs is 1. The second-order valence-electron chi connectivity index (χ2n) is 6.59. The Morgan fingerprint density at radius 2 is 1.72 bits per heavy atom. The van der Waals surface area contributed by atoms with Crippen molar-refractivity contribution in [2.24, 2.45) is 0 Å². The molecule has 3 aromatic rings. The minimum absolute atomic E-state index is 0.00617. The van der Waals surface area contributed by atoms with Gasteiger partial charge in [-0.15, -0.1) is 0 Å². The van der Waals surface area contributed by atoms with Crippen molar-refractivity contribution in [2.75, 3.05) is 5.32 Å². The van der Waals surface area contributed by atoms with Crippen molar-refractivity contribution in [3.8, 4) is 0 Å². The fourth-order valence-electron chi connectivity index (χ4n) is 3.23. The highest BCUT2D eigenvalue weighted by Crippen LogP contribution is 2.20. The standard InChI is InChI=1S/C21H22N2O2/c1-13-8-9-18(16(4)10-13)22-19(24)12-23-20(25)11-15(3)17-7-5-6-14(2)21(17)23/h5-11H,12H2,1-4H3,(H,22,24). The smallest absolute Gasteiger partial charge is 0.251 e. The zero-order valence-corrected chi connectivity index (χ0v) is 15.0. The average molecular weight is 334 g/mol. The molecule has 3 rings (SSSR count). The summed E-state index contributed by atoms with van der Waals surface area (Å²) in [5.41, 5.74) is 5.50. The number of nitrogens with one attached hydrogen (secondary N) is 1. The fraction of sp³-hybridized carbons (Fsp3) is 0.238. The Labute approximate surface area is 147 Å². The van der Waals surface area contributed by atoms with Gasteiger partial charge in [-0.2, -0.15) is 0 Å². The predicted octanol–water partition coefficient (Wildman–Crippen LogP) is 3.87. The number of carbonyl (C=O) groups is 1. The Hall–Kier alpha value is -2.88. The maximum Gasteiger partial charge on any atom is 0.251 e. The van der Waals surface area contributed by atoms with Gasteiger partial charge in [-0.1, -0.05) is 35.9 Å². The van der Waals surface area contributed by atoms with Gasteiger partial charge < -0.3 is 5.32 Å². The van der Waals surface area contributed by atoms with Crippen molar-refractivity contribution in [1.82, 2.24) is 4.57 Å². The lowest BCUT2D eigenvalue weighted by atomic mass is 10.1. The summed E-state index contributed by atoms with van der Waals surface area (Å²) in [6.07, 6.45) is 0. The molecule has 4 nitrogen and oxygen atoms in total. The van der Waals surface area contributed by atoms with Crippen LogP contribution in [0.15, 0.2) is 47.3 Å². The van der Waals surface area contributed by atoms with E-state index in [0.717, 1.165) is 38.8 Å². The molecular weight excluding hydrogens is 312 g/mol. The minimum atomic E-state index is -0.206. The van der Waals surface area contributed by atoms with Crippen molar-refractivity contribution < 1.29 is 4.79 Å². The molecule has 1 N–H and O–H groups in total. The van der Waals surface area contributed by atoms with Gasteiger partial charge in [0.25, 0.3) is 5.56 Å². The van der Waals surface area contributed by atoms with Gasteiger partial charge in [-0.3, -0.25) is 14.2 Å². The molecule has 1 amide bonds. The van der Waals surface area contributed by atoms with E-state index >= 15 is 0 Å². The van der Waals surface area contributed by atoms with E-state index in [1.807, 2.05) is 64.1 Å². The molecule has 128 valence electrons. The number of hydrogen-bond acceptors (Lipinski definition) is 2. The van der Waals surface area contributed by atoms with Crippen molar-refractivity contribution in [3.05, 3.63) is 75.1 Å². The van der Waals surface area contributed by atoms with Crippen molar-refractivity contribution in [1.29, 1.82) is 0 Å². The largest absolute Gasteiger partial charge is 0.324 e. The van der Waals surface area contributed by atoms with E-state index in [4.69, 9.17) is 0 Å². The molecule has 0 atom stereocenters. The van der Waals surface area contributed by atoms with E-state index in [2.05, 4.69) is 5.32 Å². The third-order valence-corrected chi connectivity index (χ3v) is 4.50. The first-order valence-electron chi connectivity index (χ1n) is 8.33. The monoisotopic (exact) mass is 334 g/mol. The van der Waals surface area contributed by atoms with Gasteiger partial charge in [-0.25, -0.2) is 0 Å². The van der Waals surface area contributed by atoms with Gasteiger partial charge in [0, 0.05) is 17.1 Å². The van der Waals surface area contributed by atoms with Gasteiger partial charge in [0.05, 0.1) is 5.52 Å². The number of rotatable bonds is 3. The summed E-state index contributed by atoms with van der Waals surface area (Å²) in [5.74, 6) is -0.206. The topological polar surface area (TPSA) is 51.1 Å². The highest BCUT2D eigenvalue weighted by molar-refractivity contribution is 5.93. The highest BCUT2D eigenvalue weighted by Gasteiger charge is 2.12. The van der Waals surface area contributed by atoms with E-state index in [-0.39, 0.29) is 18.0 Å². The van der Waals surface area contributed by atoms with E-state index < -0.39 is 0 Å². The Kier molecular flexibility index (Phi) is 4.45. The molecule has 1 aromatic heterocycles. The zero-order chi connectivity index (χ0) is 18.1. The lowest BCUT2D eigenvalue weighted by Crippen LogP contribution is -2.28. The quantitative estimate of drug-likeness (QED) is 0.790. The second-order valence-corrected chi connectivity index (χ2v) is 6.59. The SMILES string of the molecule is Cc1ccc(NC(=O)Cn2c(=O)cc(C)c3cccc(C)c32)c(C)c1. The zero-order valence-electron chi connectivity index (χ0n) is 15.0. The molecule has 0 bridgehead atoms. The summed E-state index contributed by atoms with van der Waals surface area (Å²) >= 11 is 0. The average Bonchev–Trinajstić information content (AvgIpc) is 2.54. The van der Waals surface area contributed by atoms with E-state index in [0.29, 0.717) is 0 Å². The molecule has 2 aromatic carbocycles. The fourth-order valence-corrected chi connectivity index (χ4v) is 3.23. The highest BCUT2D eigenvalue weighted by atomic mass is 16.2. The predicted molar refractivity (Wildman–Crippen MR) is 102 cm³/mol. The number of amides is 1. The van der Waals surface area contributed by atoms with Crippen LogP contribution in [0.25, 0.3) is 10.9 Å². The molecule has 0 aliphatic heterocycles. The summed E-state index contributed by atoms with van der Waals surface area (Å²) in [6.45, 7) is 7.84. The van der Waals surface area contributed by atoms with E-state index in [1.54, 1.807) is 10.6 Å². The number of pyridine rings is 1. The third-order valence-electron chi connectivity index (χ3n) is 4.50. The summed E-state index contributed by atoms with van der Waals surface area (Å²) in [7, 11) is 0. The van der Waals surface area contributed by atoms with Crippen molar-refractivity contribution in [3.63, 3.8) is 0 Å². The molecular formula is C21H22N2O2. The van der Waals surface area contributed by atoms with Crippen LogP contribution in [-0.2, 0) is 11.3 Å². The number of aromatic nitrogens is 1. The minimum Gasteiger partial charge on any atom is -0.324 e. The van der Waals surface area contributed by atoms with Crippen LogP contribution >= 0.6 is 0 Å². The van der Waals surface area contributed by atoms with Crippen LogP contribution in [0.1, 0.15) is 22.3 Å². The van der Waals surface area contributed by atoms with Crippen LogP contribution in [0.3, 0.4) is 0 Å². The number of nitrogens with zero attached hydrogens (tertiary/aromatic N) is 1. The lowest BCUT2D eigenvalue weighted by molar-refractivity contribution is -0.116. The van der Waals surface area contributed by atoms with Crippen LogP contribution in [0, 0.1) is 27.7 Å². The van der Waals surface area contributed by atoms with Gasteiger partial charge >= 0.3 is 0 Å². The first-order chi connectivity index (χ1) is 11.9. The summed E-state index contributed by atoms with van der Waals surface area (Å²) in [5, 5.41) is 3.91. The normalized spacial score (nSPS) is 10.9. The number of anilines is 1. The van der Waals surface area contributed by atoms with Gasteiger partial charge in [0.15, 0.2) is 0 Å². The van der Waals surface area contributed by atoms with Gasteiger partial charge in [0.2, 0.25) is 5.91 Å². The molecule has 0 spiro atoms. The van der Waals surface area contributed by atoms with Crippen LogP contribution in [0.4, 0.5) is 5.69 Å². The molecule has 25 heavy (non-hydrogen) atoms. The third kappa shape index (κ3) is 3.33. The second kappa shape index (κ2) is 6.55. The molecule has 0 saturated carbocycles. The summed E-state index contributed by atoms with van der Waals surface area (Å²) in [4.78, 5) is 25.0. The number of aryl methyl sites for hydroxylation is 4. The lowest BCUT2D eigenvalue weighted by Gasteiger charge is -2.15. The van der Waals surface area contributed by atoms with Crippen LogP contribution < -0.4 is 10.9 Å². The number of benzene rings is 2. The molecule has 0 aliphatic rings. The number of para-hydroxylation sites is 1. The number of carbonyl (C=O) groups excluding carboxylic acids is 1. The van der Waals surface area contributed by atoms with E-state index in [9.17, 15) is 9.59 Å². The van der Waals surface area contributed by atoms with Crippen LogP contribution in [0.2, 0.25) is 0 Å². The maximum atomic E-state index is 12.5. The molecule has 0 unspecified atom stereocenters. The molecule has 0 aliphatic carbocycles. The summed E-state index contributed by atoms with van der Waals surface area (Å²) < 4.78 is 1.55. The first kappa shape index (κ1) is 17.0. The Balaban J connectivity index is 1.98. The molecule has 1 heterocycles. The van der Waals surface area contributed by atoms with Crippen LogP contribution in [-0.4, -0.2) is 10.5 Å². The Bertz CT molecular complexity index is 1030. The Morgan fingerprint density at radius 3 is 2.44 bits per heavy atom. The first-order valence-corrected chi connectivity index (χ1v) is 8.33. The maximum absolute atomic E-state index is 12.5. The van der Waals surface area contributed by atoms with Gasteiger partial charge in [-0.05, 0) is 50.5 Å². The van der Waals surface area contributed by atoms with Crippen LogP contribution in [0.5, 0.6) is 0 Å².